The van der Waals surface area contributed by atoms with Crippen LogP contribution in [0.3, 0.4) is 0 Å². The number of carbonyl (C=O) groups excluding carboxylic acids is 1. The number of nitrogens with zero attached hydrogens (tertiary/aromatic N) is 3. The molecular weight excluding hydrogens is 346 g/mol. The first kappa shape index (κ1) is 20.7. The van der Waals surface area contributed by atoms with Crippen LogP contribution in [0, 0.1) is 0 Å². The molecule has 7 heteroatoms. The average molecular weight is 380 g/mol. The first-order valence-electron chi connectivity index (χ1n) is 9.46. The smallest absolute Gasteiger partial charge is 0.219 e. The van der Waals surface area contributed by atoms with Gasteiger partial charge in [-0.3, -0.25) is 14.7 Å². The van der Waals surface area contributed by atoms with Crippen molar-refractivity contribution < 1.29 is 4.79 Å². The first-order chi connectivity index (χ1) is 12.4. The van der Waals surface area contributed by atoms with E-state index in [1.165, 1.54) is 4.88 Å². The Hall–Kier alpha value is -1.60. The van der Waals surface area contributed by atoms with Crippen molar-refractivity contribution in [3.05, 3.63) is 22.4 Å². The second kappa shape index (κ2) is 9.92. The fraction of sp³-hybridized carbons (Fsp3) is 0.684. The van der Waals surface area contributed by atoms with E-state index in [9.17, 15) is 4.79 Å². The van der Waals surface area contributed by atoms with Crippen LogP contribution < -0.4 is 10.6 Å². The number of thiophene rings is 1. The molecule has 0 unspecified atom stereocenters. The van der Waals surface area contributed by atoms with Crippen molar-refractivity contribution in [2.45, 2.75) is 33.1 Å². The Balaban J connectivity index is 1.78. The van der Waals surface area contributed by atoms with E-state index in [1.54, 1.807) is 18.3 Å². The molecule has 0 radical (unpaired) electrons. The zero-order chi connectivity index (χ0) is 19.0. The summed E-state index contributed by atoms with van der Waals surface area (Å²) in [6.07, 6.45) is 0. The van der Waals surface area contributed by atoms with Gasteiger partial charge in [-0.15, -0.1) is 11.3 Å². The molecule has 1 aliphatic heterocycles. The first-order valence-corrected chi connectivity index (χ1v) is 10.3. The van der Waals surface area contributed by atoms with E-state index in [4.69, 9.17) is 4.99 Å². The van der Waals surface area contributed by atoms with Crippen molar-refractivity contribution in [2.75, 3.05) is 52.4 Å². The van der Waals surface area contributed by atoms with Gasteiger partial charge in [0.15, 0.2) is 5.96 Å². The fourth-order valence-corrected chi connectivity index (χ4v) is 3.82. The molecule has 1 aromatic rings. The summed E-state index contributed by atoms with van der Waals surface area (Å²) in [6, 6.07) is 4.28. The highest BCUT2D eigenvalue weighted by molar-refractivity contribution is 7.10. The van der Waals surface area contributed by atoms with Crippen LogP contribution in [-0.2, 0) is 10.2 Å². The highest BCUT2D eigenvalue weighted by atomic mass is 32.1. The van der Waals surface area contributed by atoms with Crippen molar-refractivity contribution in [3.63, 3.8) is 0 Å². The summed E-state index contributed by atoms with van der Waals surface area (Å²) in [5.41, 5.74) is 0.0412. The Bertz CT molecular complexity index is 577. The minimum Gasteiger partial charge on any atom is -0.357 e. The van der Waals surface area contributed by atoms with Crippen molar-refractivity contribution in [1.82, 2.24) is 20.4 Å². The largest absolute Gasteiger partial charge is 0.357 e. The fourth-order valence-electron chi connectivity index (χ4n) is 2.98. The Kier molecular flexibility index (Phi) is 7.90. The number of aliphatic imine (C=N–C) groups is 1. The Morgan fingerprint density at radius 3 is 2.58 bits per heavy atom. The molecule has 1 saturated heterocycles. The molecular formula is C19H33N5OS. The topological polar surface area (TPSA) is 60.0 Å². The maximum atomic E-state index is 11.4. The summed E-state index contributed by atoms with van der Waals surface area (Å²) in [4.78, 5) is 21.9. The van der Waals surface area contributed by atoms with Crippen molar-refractivity contribution in [3.8, 4) is 0 Å². The monoisotopic (exact) mass is 379 g/mol. The maximum Gasteiger partial charge on any atom is 0.219 e. The van der Waals surface area contributed by atoms with E-state index in [0.717, 1.165) is 58.3 Å². The third kappa shape index (κ3) is 6.29. The van der Waals surface area contributed by atoms with Gasteiger partial charge in [0.05, 0.1) is 6.54 Å². The molecule has 1 fully saturated rings. The van der Waals surface area contributed by atoms with Crippen LogP contribution in [0.15, 0.2) is 22.5 Å². The molecule has 0 aromatic carbocycles. The highest BCUT2D eigenvalue weighted by Gasteiger charge is 2.21. The Morgan fingerprint density at radius 1 is 1.27 bits per heavy atom. The lowest BCUT2D eigenvalue weighted by molar-refractivity contribution is -0.130. The van der Waals surface area contributed by atoms with Crippen LogP contribution in [0.5, 0.6) is 0 Å². The number of nitrogens with one attached hydrogen (secondary N) is 2. The minimum atomic E-state index is 0.0412. The average Bonchev–Trinajstić information content (AvgIpc) is 3.16. The lowest BCUT2D eigenvalue weighted by Crippen LogP contribution is -2.50. The van der Waals surface area contributed by atoms with Gasteiger partial charge in [0.2, 0.25) is 5.91 Å². The third-order valence-electron chi connectivity index (χ3n) is 4.70. The van der Waals surface area contributed by atoms with E-state index in [0.29, 0.717) is 0 Å². The lowest BCUT2D eigenvalue weighted by atomic mass is 9.92. The van der Waals surface area contributed by atoms with Gasteiger partial charge in [-0.1, -0.05) is 19.9 Å². The second-order valence-electron chi connectivity index (χ2n) is 7.33. The normalized spacial score (nSPS) is 16.6. The van der Waals surface area contributed by atoms with Gasteiger partial charge in [0.25, 0.3) is 0 Å². The van der Waals surface area contributed by atoms with E-state index < -0.39 is 0 Å². The second-order valence-corrected chi connectivity index (χ2v) is 8.28. The number of guanidine groups is 1. The van der Waals surface area contributed by atoms with Gasteiger partial charge in [-0.2, -0.15) is 0 Å². The Morgan fingerprint density at radius 2 is 2.00 bits per heavy atom. The van der Waals surface area contributed by atoms with Crippen LogP contribution in [0.1, 0.15) is 32.6 Å². The summed E-state index contributed by atoms with van der Waals surface area (Å²) < 4.78 is 0. The van der Waals surface area contributed by atoms with E-state index in [1.807, 2.05) is 4.90 Å². The molecule has 6 nitrogen and oxygen atoms in total. The summed E-state index contributed by atoms with van der Waals surface area (Å²) in [5.74, 6) is 1.05. The van der Waals surface area contributed by atoms with E-state index >= 15 is 0 Å². The predicted octanol–water partition coefficient (Wildman–Crippen LogP) is 1.74. The molecule has 1 aliphatic rings. The van der Waals surface area contributed by atoms with Gasteiger partial charge in [0.1, 0.15) is 0 Å². The van der Waals surface area contributed by atoms with Crippen LogP contribution in [-0.4, -0.2) is 74.0 Å². The number of hydrogen-bond donors (Lipinski definition) is 2. The number of piperazine rings is 1. The lowest BCUT2D eigenvalue weighted by Gasteiger charge is -2.34. The molecule has 0 spiro atoms. The SMILES string of the molecule is CCNC(=NCC(C)(C)c1cccs1)NCCN1CCN(C(C)=O)CC1. The van der Waals surface area contributed by atoms with Crippen molar-refractivity contribution in [1.29, 1.82) is 0 Å². The predicted molar refractivity (Wildman–Crippen MR) is 110 cm³/mol. The molecule has 0 aliphatic carbocycles. The molecule has 26 heavy (non-hydrogen) atoms. The molecule has 2 rings (SSSR count). The zero-order valence-electron chi connectivity index (χ0n) is 16.5. The molecule has 0 bridgehead atoms. The molecule has 0 atom stereocenters. The third-order valence-corrected chi connectivity index (χ3v) is 5.94. The van der Waals surface area contributed by atoms with Crippen molar-refractivity contribution >= 4 is 23.2 Å². The molecule has 1 aromatic heterocycles. The van der Waals surface area contributed by atoms with Gasteiger partial charge < -0.3 is 15.5 Å². The summed E-state index contributed by atoms with van der Waals surface area (Å²) in [6.45, 7) is 15.2. The molecule has 2 heterocycles. The van der Waals surface area contributed by atoms with Gasteiger partial charge in [0, 0.05) is 63.0 Å². The van der Waals surface area contributed by atoms with Gasteiger partial charge in [-0.05, 0) is 18.4 Å². The quantitative estimate of drug-likeness (QED) is 0.560. The molecule has 146 valence electrons. The Labute approximate surface area is 161 Å². The highest BCUT2D eigenvalue weighted by Crippen LogP contribution is 2.27. The van der Waals surface area contributed by atoms with Crippen molar-refractivity contribution in [2.24, 2.45) is 4.99 Å². The summed E-state index contributed by atoms with van der Waals surface area (Å²) >= 11 is 1.79. The zero-order valence-corrected chi connectivity index (χ0v) is 17.4. The molecule has 1 amide bonds. The van der Waals surface area contributed by atoms with Crippen LogP contribution in [0.2, 0.25) is 0 Å². The van der Waals surface area contributed by atoms with Crippen LogP contribution in [0.4, 0.5) is 0 Å². The maximum absolute atomic E-state index is 11.4. The minimum absolute atomic E-state index is 0.0412. The van der Waals surface area contributed by atoms with Crippen LogP contribution >= 0.6 is 11.3 Å². The number of rotatable bonds is 7. The van der Waals surface area contributed by atoms with E-state index in [-0.39, 0.29) is 11.3 Å². The number of carbonyl (C=O) groups is 1. The summed E-state index contributed by atoms with van der Waals surface area (Å²) in [7, 11) is 0. The van der Waals surface area contributed by atoms with Gasteiger partial charge >= 0.3 is 0 Å². The number of hydrogen-bond acceptors (Lipinski definition) is 4. The molecule has 2 N–H and O–H groups in total. The summed E-state index contributed by atoms with van der Waals surface area (Å²) in [5, 5.41) is 8.89. The number of amides is 1. The van der Waals surface area contributed by atoms with Gasteiger partial charge in [-0.25, -0.2) is 0 Å². The van der Waals surface area contributed by atoms with Crippen LogP contribution in [0.25, 0.3) is 0 Å². The standard InChI is InChI=1S/C19H33N5OS/c1-5-20-18(22-15-19(3,4)17-7-6-14-26-17)21-8-9-23-10-12-24(13-11-23)16(2)25/h6-7,14H,5,8-13,15H2,1-4H3,(H2,20,21,22). The van der Waals surface area contributed by atoms with E-state index in [2.05, 4.69) is 53.8 Å². The molecule has 0 saturated carbocycles.